The van der Waals surface area contributed by atoms with Gasteiger partial charge in [-0.1, -0.05) is 11.6 Å². The molecule has 2 aliphatic heterocycles. The van der Waals surface area contributed by atoms with E-state index in [1.54, 1.807) is 6.20 Å². The molecule has 2 aliphatic rings. The molecule has 0 unspecified atom stereocenters. The minimum atomic E-state index is -0.128. The van der Waals surface area contributed by atoms with Crippen LogP contribution in [0.4, 0.5) is 5.69 Å². The summed E-state index contributed by atoms with van der Waals surface area (Å²) in [4.78, 5) is 6.16. The van der Waals surface area contributed by atoms with Crippen molar-refractivity contribution in [2.75, 3.05) is 57.5 Å². The van der Waals surface area contributed by atoms with E-state index >= 15 is 0 Å². The molecule has 0 aliphatic carbocycles. The van der Waals surface area contributed by atoms with Crippen molar-refractivity contribution < 1.29 is 14.6 Å². The van der Waals surface area contributed by atoms with Crippen LogP contribution in [0, 0.1) is 0 Å². The van der Waals surface area contributed by atoms with E-state index in [0.29, 0.717) is 23.9 Å². The molecule has 0 amide bonds. The quantitative estimate of drug-likeness (QED) is 0.836. The van der Waals surface area contributed by atoms with Gasteiger partial charge in [-0.2, -0.15) is 0 Å². The number of aromatic nitrogens is 1. The van der Waals surface area contributed by atoms with Gasteiger partial charge < -0.3 is 24.8 Å². The second-order valence-corrected chi connectivity index (χ2v) is 5.09. The Bertz CT molecular complexity index is 412. The number of aliphatic hydroxyl groups is 1. The molecule has 2 fully saturated rings. The van der Waals surface area contributed by atoms with E-state index in [-0.39, 0.29) is 6.61 Å². The molecule has 0 aromatic carbocycles. The number of hydrogen-bond acceptors (Lipinski definition) is 6. The van der Waals surface area contributed by atoms with Crippen LogP contribution in [0.5, 0.6) is 0 Å². The average molecular weight is 316 g/mol. The molecule has 6 nitrogen and oxygen atoms in total. The summed E-state index contributed by atoms with van der Waals surface area (Å²) < 4.78 is 10.3. The van der Waals surface area contributed by atoms with E-state index in [1.165, 1.54) is 0 Å². The maximum atomic E-state index is 9.05. The van der Waals surface area contributed by atoms with Crippen molar-refractivity contribution in [3.05, 3.63) is 23.0 Å². The Morgan fingerprint density at radius 1 is 1.19 bits per heavy atom. The summed E-state index contributed by atoms with van der Waals surface area (Å²) in [5.74, 6) is 0. The average Bonchev–Trinajstić information content (AvgIpc) is 2.58. The Labute approximate surface area is 130 Å². The zero-order valence-corrected chi connectivity index (χ0v) is 12.8. The van der Waals surface area contributed by atoms with Crippen LogP contribution in [-0.4, -0.2) is 62.7 Å². The number of pyridine rings is 1. The van der Waals surface area contributed by atoms with Crippen molar-refractivity contribution in [1.82, 2.24) is 10.3 Å². The molecule has 1 aromatic rings. The summed E-state index contributed by atoms with van der Waals surface area (Å²) in [6, 6.07) is 1.87. The van der Waals surface area contributed by atoms with E-state index in [9.17, 15) is 0 Å². The Kier molecular flexibility index (Phi) is 7.18. The lowest BCUT2D eigenvalue weighted by Gasteiger charge is -2.29. The van der Waals surface area contributed by atoms with Crippen LogP contribution in [0.1, 0.15) is 5.69 Å². The van der Waals surface area contributed by atoms with Gasteiger partial charge in [-0.15, -0.1) is 0 Å². The molecule has 0 spiro atoms. The van der Waals surface area contributed by atoms with Crippen molar-refractivity contribution in [3.8, 4) is 0 Å². The first-order valence-corrected chi connectivity index (χ1v) is 7.56. The first-order valence-electron chi connectivity index (χ1n) is 7.18. The molecular formula is C14H22ClN3O3. The monoisotopic (exact) mass is 315 g/mol. The summed E-state index contributed by atoms with van der Waals surface area (Å²) in [5, 5.41) is 12.8. The molecule has 0 saturated carbocycles. The Hall–Kier alpha value is -0.920. The van der Waals surface area contributed by atoms with E-state index in [2.05, 4.69) is 15.2 Å². The first kappa shape index (κ1) is 16.5. The standard InChI is InChI=1S/C10H13ClN2O2.C4H9NO/c11-10-8(7-14)12-2-1-9(10)13-3-5-15-6-4-13;1-3-6-4-2-5-1/h1-2,14H,3-7H2;5H,1-4H2. The van der Waals surface area contributed by atoms with E-state index in [0.717, 1.165) is 45.1 Å². The number of nitrogens with zero attached hydrogens (tertiary/aromatic N) is 2. The van der Waals surface area contributed by atoms with Gasteiger partial charge in [0.15, 0.2) is 0 Å². The maximum absolute atomic E-state index is 9.05. The maximum Gasteiger partial charge on any atom is 0.0878 e. The number of rotatable bonds is 2. The lowest BCUT2D eigenvalue weighted by Crippen LogP contribution is -2.36. The molecule has 2 N–H and O–H groups in total. The largest absolute Gasteiger partial charge is 0.390 e. The summed E-state index contributed by atoms with van der Waals surface area (Å²) in [6.45, 7) is 6.79. The van der Waals surface area contributed by atoms with Crippen molar-refractivity contribution in [3.63, 3.8) is 0 Å². The van der Waals surface area contributed by atoms with Crippen LogP contribution in [0.25, 0.3) is 0 Å². The number of hydrogen-bond donors (Lipinski definition) is 2. The van der Waals surface area contributed by atoms with Crippen LogP contribution < -0.4 is 10.2 Å². The van der Waals surface area contributed by atoms with Crippen molar-refractivity contribution in [2.24, 2.45) is 0 Å². The molecule has 118 valence electrons. The third kappa shape index (κ3) is 5.09. The second kappa shape index (κ2) is 9.17. The third-order valence-electron chi connectivity index (χ3n) is 3.29. The SMILES string of the molecule is C1COCCN1.OCc1nccc(N2CCOCC2)c1Cl. The zero-order chi connectivity index (χ0) is 14.9. The number of morpholine rings is 2. The summed E-state index contributed by atoms with van der Waals surface area (Å²) >= 11 is 6.14. The molecule has 0 atom stereocenters. The van der Waals surface area contributed by atoms with Gasteiger partial charge in [0.2, 0.25) is 0 Å². The van der Waals surface area contributed by atoms with Crippen LogP contribution in [0.2, 0.25) is 5.02 Å². The van der Waals surface area contributed by atoms with Gasteiger partial charge >= 0.3 is 0 Å². The minimum absolute atomic E-state index is 0.128. The molecular weight excluding hydrogens is 294 g/mol. The predicted molar refractivity (Wildman–Crippen MR) is 81.9 cm³/mol. The van der Waals surface area contributed by atoms with Gasteiger partial charge in [-0.3, -0.25) is 4.98 Å². The van der Waals surface area contributed by atoms with Gasteiger partial charge in [-0.05, 0) is 6.07 Å². The van der Waals surface area contributed by atoms with Gasteiger partial charge in [-0.25, -0.2) is 0 Å². The second-order valence-electron chi connectivity index (χ2n) is 4.71. The smallest absolute Gasteiger partial charge is 0.0878 e. The highest BCUT2D eigenvalue weighted by molar-refractivity contribution is 6.33. The molecule has 0 bridgehead atoms. The number of ether oxygens (including phenoxy) is 2. The highest BCUT2D eigenvalue weighted by Gasteiger charge is 2.16. The molecule has 3 heterocycles. The fourth-order valence-electron chi connectivity index (χ4n) is 2.15. The third-order valence-corrected chi connectivity index (χ3v) is 3.70. The number of nitrogens with one attached hydrogen (secondary N) is 1. The fourth-order valence-corrected chi connectivity index (χ4v) is 2.44. The lowest BCUT2D eigenvalue weighted by atomic mass is 10.2. The topological polar surface area (TPSA) is 66.8 Å². The van der Waals surface area contributed by atoms with Gasteiger partial charge in [0, 0.05) is 32.4 Å². The normalized spacial score (nSPS) is 18.9. The van der Waals surface area contributed by atoms with Crippen molar-refractivity contribution in [2.45, 2.75) is 6.61 Å². The Morgan fingerprint density at radius 2 is 1.86 bits per heavy atom. The number of aliphatic hydroxyl groups excluding tert-OH is 1. The molecule has 7 heteroatoms. The van der Waals surface area contributed by atoms with E-state index in [1.807, 2.05) is 6.07 Å². The summed E-state index contributed by atoms with van der Waals surface area (Å²) in [7, 11) is 0. The van der Waals surface area contributed by atoms with E-state index < -0.39 is 0 Å². The highest BCUT2D eigenvalue weighted by Crippen LogP contribution is 2.28. The minimum Gasteiger partial charge on any atom is -0.390 e. The molecule has 21 heavy (non-hydrogen) atoms. The van der Waals surface area contributed by atoms with Crippen LogP contribution in [0.15, 0.2) is 12.3 Å². The lowest BCUT2D eigenvalue weighted by molar-refractivity contribution is 0.109. The van der Waals surface area contributed by atoms with Gasteiger partial charge in [0.1, 0.15) is 0 Å². The molecule has 1 aromatic heterocycles. The number of anilines is 1. The highest BCUT2D eigenvalue weighted by atomic mass is 35.5. The van der Waals surface area contributed by atoms with Gasteiger partial charge in [0.25, 0.3) is 0 Å². The van der Waals surface area contributed by atoms with Crippen LogP contribution in [0.3, 0.4) is 0 Å². The fraction of sp³-hybridized carbons (Fsp3) is 0.643. The van der Waals surface area contributed by atoms with Crippen molar-refractivity contribution >= 4 is 17.3 Å². The summed E-state index contributed by atoms with van der Waals surface area (Å²) in [5.41, 5.74) is 1.46. The van der Waals surface area contributed by atoms with Crippen LogP contribution in [-0.2, 0) is 16.1 Å². The molecule has 3 rings (SSSR count). The van der Waals surface area contributed by atoms with Crippen LogP contribution >= 0.6 is 11.6 Å². The Balaban J connectivity index is 0.000000225. The predicted octanol–water partition coefficient (Wildman–Crippen LogP) is 0.670. The number of halogens is 1. The molecule has 0 radical (unpaired) electrons. The summed E-state index contributed by atoms with van der Waals surface area (Å²) in [6.07, 6.45) is 1.67. The molecule has 2 saturated heterocycles. The first-order chi connectivity index (χ1) is 10.3. The van der Waals surface area contributed by atoms with Crippen molar-refractivity contribution in [1.29, 1.82) is 0 Å². The Morgan fingerprint density at radius 3 is 2.38 bits per heavy atom. The zero-order valence-electron chi connectivity index (χ0n) is 12.1. The van der Waals surface area contributed by atoms with Gasteiger partial charge in [0.05, 0.1) is 49.4 Å². The van der Waals surface area contributed by atoms with E-state index in [4.69, 9.17) is 26.2 Å².